The average Bonchev–Trinajstić information content (AvgIpc) is 2.54. The van der Waals surface area contributed by atoms with E-state index in [0.29, 0.717) is 44.8 Å². The second-order valence-corrected chi connectivity index (χ2v) is 6.95. The minimum atomic E-state index is -0.154. The van der Waals surface area contributed by atoms with E-state index in [1.165, 1.54) is 25.7 Å². The smallest absolute Gasteiger partial charge is 0.305 e. The summed E-state index contributed by atoms with van der Waals surface area (Å²) in [6, 6.07) is 0. The standard InChI is InChI=1S/C20H38O4/c1-4-5-6-7-8-11-16-23-19(21)14-9-10-15-20(22)24-17-12-13-18(2)3/h18H,4-17H2,1-3H3. The molecule has 0 amide bonds. The first-order valence-corrected chi connectivity index (χ1v) is 9.87. The molecule has 0 aliphatic heterocycles. The van der Waals surface area contributed by atoms with Crippen LogP contribution in [0.1, 0.15) is 97.8 Å². The second-order valence-electron chi connectivity index (χ2n) is 6.95. The molecule has 0 N–H and O–H groups in total. The number of esters is 2. The van der Waals surface area contributed by atoms with Gasteiger partial charge in [-0.3, -0.25) is 9.59 Å². The van der Waals surface area contributed by atoms with E-state index in [1.807, 2.05) is 0 Å². The summed E-state index contributed by atoms with van der Waals surface area (Å²) >= 11 is 0. The number of unbranched alkanes of at least 4 members (excludes halogenated alkanes) is 6. The van der Waals surface area contributed by atoms with Crippen LogP contribution in [0.5, 0.6) is 0 Å². The predicted octanol–water partition coefficient (Wildman–Crippen LogP) is 5.43. The van der Waals surface area contributed by atoms with E-state index in [1.54, 1.807) is 0 Å². The van der Waals surface area contributed by atoms with E-state index < -0.39 is 0 Å². The maximum Gasteiger partial charge on any atom is 0.305 e. The molecule has 0 unspecified atom stereocenters. The van der Waals surface area contributed by atoms with Gasteiger partial charge >= 0.3 is 11.9 Å². The van der Waals surface area contributed by atoms with Crippen molar-refractivity contribution < 1.29 is 19.1 Å². The number of hydrogen-bond acceptors (Lipinski definition) is 4. The maximum atomic E-state index is 11.6. The molecule has 0 aliphatic carbocycles. The maximum absolute atomic E-state index is 11.6. The Hall–Kier alpha value is -1.06. The van der Waals surface area contributed by atoms with Crippen LogP contribution in [-0.2, 0) is 19.1 Å². The van der Waals surface area contributed by atoms with Gasteiger partial charge in [0.15, 0.2) is 0 Å². The molecule has 0 aliphatic rings. The van der Waals surface area contributed by atoms with E-state index >= 15 is 0 Å². The van der Waals surface area contributed by atoms with Crippen LogP contribution in [0.3, 0.4) is 0 Å². The average molecular weight is 343 g/mol. The highest BCUT2D eigenvalue weighted by atomic mass is 16.5. The Kier molecular flexibility index (Phi) is 16.0. The van der Waals surface area contributed by atoms with Gasteiger partial charge in [-0.1, -0.05) is 52.9 Å². The molecule has 0 aromatic rings. The first-order chi connectivity index (χ1) is 11.6. The number of ether oxygens (including phenoxy) is 2. The Labute approximate surface area is 148 Å². The summed E-state index contributed by atoms with van der Waals surface area (Å²) in [6.07, 6.45) is 11.3. The molecule has 0 spiro atoms. The van der Waals surface area contributed by atoms with Crippen molar-refractivity contribution in [2.75, 3.05) is 13.2 Å². The zero-order chi connectivity index (χ0) is 18.0. The number of rotatable bonds is 16. The summed E-state index contributed by atoms with van der Waals surface area (Å²) in [4.78, 5) is 23.1. The van der Waals surface area contributed by atoms with E-state index in [0.717, 1.165) is 25.7 Å². The van der Waals surface area contributed by atoms with Crippen molar-refractivity contribution >= 4 is 11.9 Å². The molecule has 0 saturated heterocycles. The van der Waals surface area contributed by atoms with Gasteiger partial charge in [0.25, 0.3) is 0 Å². The van der Waals surface area contributed by atoms with Crippen molar-refractivity contribution in [1.82, 2.24) is 0 Å². The molecule has 0 fully saturated rings. The van der Waals surface area contributed by atoms with Gasteiger partial charge in [0, 0.05) is 12.8 Å². The van der Waals surface area contributed by atoms with E-state index in [-0.39, 0.29) is 11.9 Å². The summed E-state index contributed by atoms with van der Waals surface area (Å²) in [6.45, 7) is 7.56. The van der Waals surface area contributed by atoms with Gasteiger partial charge in [0.2, 0.25) is 0 Å². The lowest BCUT2D eigenvalue weighted by Gasteiger charge is -2.07. The minimum Gasteiger partial charge on any atom is -0.466 e. The van der Waals surface area contributed by atoms with Crippen LogP contribution in [0.4, 0.5) is 0 Å². The first kappa shape index (κ1) is 22.9. The summed E-state index contributed by atoms with van der Waals surface area (Å²) in [5.41, 5.74) is 0. The van der Waals surface area contributed by atoms with Gasteiger partial charge < -0.3 is 9.47 Å². The van der Waals surface area contributed by atoms with Gasteiger partial charge in [0.05, 0.1) is 13.2 Å². The van der Waals surface area contributed by atoms with Crippen molar-refractivity contribution in [1.29, 1.82) is 0 Å². The fraction of sp³-hybridized carbons (Fsp3) is 0.900. The Bertz CT molecular complexity index is 313. The molecular formula is C20H38O4. The number of carbonyl (C=O) groups is 2. The van der Waals surface area contributed by atoms with Crippen LogP contribution in [0.15, 0.2) is 0 Å². The fourth-order valence-corrected chi connectivity index (χ4v) is 2.43. The zero-order valence-corrected chi connectivity index (χ0v) is 16.1. The highest BCUT2D eigenvalue weighted by Gasteiger charge is 2.06. The van der Waals surface area contributed by atoms with Crippen molar-refractivity contribution in [3.05, 3.63) is 0 Å². The summed E-state index contributed by atoms with van der Waals surface area (Å²) < 4.78 is 10.4. The van der Waals surface area contributed by atoms with Gasteiger partial charge in [0.1, 0.15) is 0 Å². The van der Waals surface area contributed by atoms with Crippen LogP contribution < -0.4 is 0 Å². The van der Waals surface area contributed by atoms with Crippen LogP contribution in [0, 0.1) is 5.92 Å². The molecule has 0 atom stereocenters. The third-order valence-electron chi connectivity index (χ3n) is 3.96. The van der Waals surface area contributed by atoms with Gasteiger partial charge in [-0.05, 0) is 38.0 Å². The van der Waals surface area contributed by atoms with Crippen molar-refractivity contribution in [3.8, 4) is 0 Å². The quantitative estimate of drug-likeness (QED) is 0.277. The highest BCUT2D eigenvalue weighted by Crippen LogP contribution is 2.07. The Balaban J connectivity index is 3.34. The summed E-state index contributed by atoms with van der Waals surface area (Å²) in [5, 5.41) is 0. The van der Waals surface area contributed by atoms with Crippen LogP contribution in [-0.4, -0.2) is 25.2 Å². The molecule has 0 rings (SSSR count). The first-order valence-electron chi connectivity index (χ1n) is 9.87. The number of carbonyl (C=O) groups excluding carboxylic acids is 2. The Morgan fingerprint density at radius 2 is 1.21 bits per heavy atom. The normalized spacial score (nSPS) is 10.8. The van der Waals surface area contributed by atoms with Gasteiger partial charge in [-0.15, -0.1) is 0 Å². The minimum absolute atomic E-state index is 0.145. The molecule has 0 bridgehead atoms. The lowest BCUT2D eigenvalue weighted by molar-refractivity contribution is -0.146. The molecule has 4 heteroatoms. The summed E-state index contributed by atoms with van der Waals surface area (Å²) in [7, 11) is 0. The topological polar surface area (TPSA) is 52.6 Å². The van der Waals surface area contributed by atoms with Gasteiger partial charge in [-0.25, -0.2) is 0 Å². The molecule has 0 aromatic carbocycles. The van der Waals surface area contributed by atoms with E-state index in [4.69, 9.17) is 9.47 Å². The largest absolute Gasteiger partial charge is 0.466 e. The van der Waals surface area contributed by atoms with Crippen LogP contribution >= 0.6 is 0 Å². The fourth-order valence-electron chi connectivity index (χ4n) is 2.43. The SMILES string of the molecule is CCCCCCCCOC(=O)CCCCC(=O)OCCCC(C)C. The second kappa shape index (κ2) is 16.8. The lowest BCUT2D eigenvalue weighted by atomic mass is 10.1. The molecule has 0 aromatic heterocycles. The molecular weight excluding hydrogens is 304 g/mol. The molecule has 142 valence electrons. The molecule has 0 radical (unpaired) electrons. The van der Waals surface area contributed by atoms with E-state index in [2.05, 4.69) is 20.8 Å². The molecule has 0 heterocycles. The van der Waals surface area contributed by atoms with Crippen LogP contribution in [0.25, 0.3) is 0 Å². The predicted molar refractivity (Wildman–Crippen MR) is 97.8 cm³/mol. The molecule has 0 saturated carbocycles. The van der Waals surface area contributed by atoms with Crippen LogP contribution in [0.2, 0.25) is 0 Å². The van der Waals surface area contributed by atoms with Crippen molar-refractivity contribution in [2.45, 2.75) is 97.8 Å². The Morgan fingerprint density at radius 1 is 0.708 bits per heavy atom. The monoisotopic (exact) mass is 342 g/mol. The van der Waals surface area contributed by atoms with E-state index in [9.17, 15) is 9.59 Å². The van der Waals surface area contributed by atoms with Crippen molar-refractivity contribution in [3.63, 3.8) is 0 Å². The van der Waals surface area contributed by atoms with Crippen molar-refractivity contribution in [2.24, 2.45) is 5.92 Å². The van der Waals surface area contributed by atoms with Gasteiger partial charge in [-0.2, -0.15) is 0 Å². The number of hydrogen-bond donors (Lipinski definition) is 0. The zero-order valence-electron chi connectivity index (χ0n) is 16.1. The third-order valence-corrected chi connectivity index (χ3v) is 3.96. The third kappa shape index (κ3) is 17.3. The molecule has 4 nitrogen and oxygen atoms in total. The summed E-state index contributed by atoms with van der Waals surface area (Å²) in [5.74, 6) is 0.346. The highest BCUT2D eigenvalue weighted by molar-refractivity contribution is 5.70. The lowest BCUT2D eigenvalue weighted by Crippen LogP contribution is -2.08. The molecule has 24 heavy (non-hydrogen) atoms. The Morgan fingerprint density at radius 3 is 1.75 bits per heavy atom.